The van der Waals surface area contributed by atoms with Crippen LogP contribution in [0.1, 0.15) is 47.2 Å². The molecule has 0 aliphatic heterocycles. The quantitative estimate of drug-likeness (QED) is 0.183. The van der Waals surface area contributed by atoms with Crippen LogP contribution >= 0.6 is 0 Å². The summed E-state index contributed by atoms with van der Waals surface area (Å²) in [5, 5.41) is 2.52. The largest absolute Gasteiger partial charge is 0.355 e. The van der Waals surface area contributed by atoms with Crippen molar-refractivity contribution in [2.24, 2.45) is 0 Å². The molecule has 0 radical (unpaired) electrons. The van der Waals surface area contributed by atoms with Crippen LogP contribution in [0.4, 0.5) is 17.1 Å². The minimum Gasteiger partial charge on any atom is -0.355 e. The minimum absolute atomic E-state index is 0.0387. The first-order valence-corrected chi connectivity index (χ1v) is 23.2. The monoisotopic (exact) mass is 840 g/mol. The molecule has 2 heteroatoms. The maximum absolute atomic E-state index is 3.77. The van der Waals surface area contributed by atoms with Crippen molar-refractivity contribution in [1.82, 2.24) is 4.98 Å². The van der Waals surface area contributed by atoms with Gasteiger partial charge in [-0.15, -0.1) is 0 Å². The summed E-state index contributed by atoms with van der Waals surface area (Å²) in [5.41, 5.74) is 26.2. The fourth-order valence-corrected chi connectivity index (χ4v) is 12.2. The van der Waals surface area contributed by atoms with Gasteiger partial charge in [0.25, 0.3) is 0 Å². The summed E-state index contributed by atoms with van der Waals surface area (Å²) in [6.45, 7) is 4.70. The Morgan fingerprint density at radius 1 is 0.303 bits per heavy atom. The van der Waals surface area contributed by atoms with Crippen LogP contribution in [0.15, 0.2) is 224 Å². The molecule has 0 bridgehead atoms. The van der Waals surface area contributed by atoms with Crippen LogP contribution in [-0.2, 0) is 10.8 Å². The molecule has 2 nitrogen and oxygen atoms in total. The number of hydrogen-bond acceptors (Lipinski definition) is 1. The highest BCUT2D eigenvalue weighted by Crippen LogP contribution is 2.63. The van der Waals surface area contributed by atoms with Crippen molar-refractivity contribution in [2.45, 2.75) is 24.7 Å². The minimum atomic E-state index is -0.380. The van der Waals surface area contributed by atoms with Gasteiger partial charge in [-0.25, -0.2) is 0 Å². The zero-order chi connectivity index (χ0) is 43.7. The van der Waals surface area contributed by atoms with Gasteiger partial charge in [0.15, 0.2) is 0 Å². The number of benzene rings is 10. The number of aromatic nitrogens is 1. The lowest BCUT2D eigenvalue weighted by Gasteiger charge is -2.31. The normalized spacial score (nSPS) is 14.2. The number of anilines is 3. The van der Waals surface area contributed by atoms with Crippen molar-refractivity contribution in [2.75, 3.05) is 4.90 Å². The standard InChI is InChI=1S/C64H44N2/c1-63(2)55-20-10-6-18-49(55)52-38-54-53-36-43(28-35-61(53)65-62(54)39-60(52)63)42-26-31-45(32-27-42)66(44-29-24-41(25-30-44)40-14-4-3-5-15-40)46-33-34-59-51(37-46)50-19-9-13-23-58(50)64(59)56-21-11-7-16-47(56)48-17-8-12-22-57(48)64/h3-39,65H,1-2H3. The molecule has 1 aromatic heterocycles. The highest BCUT2D eigenvalue weighted by Gasteiger charge is 2.51. The summed E-state index contributed by atoms with van der Waals surface area (Å²) in [6.07, 6.45) is 0. The molecule has 14 rings (SSSR count). The molecule has 0 unspecified atom stereocenters. The molecular formula is C64H44N2. The predicted molar refractivity (Wildman–Crippen MR) is 275 cm³/mol. The van der Waals surface area contributed by atoms with Crippen molar-refractivity contribution < 1.29 is 0 Å². The maximum Gasteiger partial charge on any atom is 0.0725 e. The summed E-state index contributed by atoms with van der Waals surface area (Å²) in [6, 6.07) is 83.8. The molecule has 1 N–H and O–H groups in total. The van der Waals surface area contributed by atoms with Crippen molar-refractivity contribution >= 4 is 38.9 Å². The summed E-state index contributed by atoms with van der Waals surface area (Å²) < 4.78 is 0. The lowest BCUT2D eigenvalue weighted by Crippen LogP contribution is -2.25. The van der Waals surface area contributed by atoms with Gasteiger partial charge in [-0.2, -0.15) is 0 Å². The fraction of sp³-hybridized carbons (Fsp3) is 0.0625. The van der Waals surface area contributed by atoms with E-state index in [1.54, 1.807) is 0 Å². The summed E-state index contributed by atoms with van der Waals surface area (Å²) in [4.78, 5) is 6.19. The van der Waals surface area contributed by atoms with E-state index in [2.05, 4.69) is 248 Å². The zero-order valence-corrected chi connectivity index (χ0v) is 36.8. The first-order chi connectivity index (χ1) is 32.5. The zero-order valence-electron chi connectivity index (χ0n) is 36.8. The van der Waals surface area contributed by atoms with E-state index in [1.165, 1.54) is 105 Å². The van der Waals surface area contributed by atoms with Crippen LogP contribution in [-0.4, -0.2) is 4.98 Å². The number of rotatable bonds is 5. The summed E-state index contributed by atoms with van der Waals surface area (Å²) in [5.74, 6) is 0. The van der Waals surface area contributed by atoms with Gasteiger partial charge in [-0.1, -0.05) is 178 Å². The van der Waals surface area contributed by atoms with Crippen LogP contribution in [0, 0.1) is 0 Å². The van der Waals surface area contributed by atoms with Gasteiger partial charge in [0.1, 0.15) is 0 Å². The van der Waals surface area contributed by atoms with E-state index in [0.29, 0.717) is 0 Å². The molecule has 10 aromatic carbocycles. The fourth-order valence-electron chi connectivity index (χ4n) is 12.2. The Morgan fingerprint density at radius 2 is 0.742 bits per heavy atom. The molecule has 1 heterocycles. The number of nitrogens with zero attached hydrogens (tertiary/aromatic N) is 1. The third-order valence-electron chi connectivity index (χ3n) is 15.2. The average Bonchev–Trinajstić information content (AvgIpc) is 4.05. The first-order valence-electron chi connectivity index (χ1n) is 23.2. The second-order valence-electron chi connectivity index (χ2n) is 18.9. The van der Waals surface area contributed by atoms with E-state index < -0.39 is 0 Å². The molecule has 3 aliphatic rings. The van der Waals surface area contributed by atoms with E-state index in [1.807, 2.05) is 0 Å². The van der Waals surface area contributed by atoms with Gasteiger partial charge in [0, 0.05) is 44.3 Å². The van der Waals surface area contributed by atoms with E-state index >= 15 is 0 Å². The Hall–Kier alpha value is -8.20. The Labute approximate surface area is 385 Å². The lowest BCUT2D eigenvalue weighted by molar-refractivity contribution is 0.661. The third kappa shape index (κ3) is 5.07. The van der Waals surface area contributed by atoms with Gasteiger partial charge in [0.05, 0.1) is 5.41 Å². The third-order valence-corrected chi connectivity index (χ3v) is 15.2. The summed E-state index contributed by atoms with van der Waals surface area (Å²) in [7, 11) is 0. The van der Waals surface area contributed by atoms with Crippen molar-refractivity contribution in [3.8, 4) is 55.6 Å². The smallest absolute Gasteiger partial charge is 0.0725 e. The SMILES string of the molecule is CC1(C)c2ccccc2-c2cc3c(cc21)[nH]c1ccc(-c2ccc(N(c4ccc(-c5ccccc5)cc4)c4ccc5c(c4)-c4ccccc4C54c5ccccc5-c5ccccc54)cc2)cc13. The Balaban J connectivity index is 0.897. The van der Waals surface area contributed by atoms with E-state index in [9.17, 15) is 0 Å². The molecule has 0 amide bonds. The molecule has 3 aliphatic carbocycles. The van der Waals surface area contributed by atoms with Gasteiger partial charge < -0.3 is 9.88 Å². The maximum atomic E-state index is 3.77. The molecule has 0 fully saturated rings. The number of fused-ring (bicyclic) bond motifs is 16. The Kier molecular flexibility index (Phi) is 7.70. The van der Waals surface area contributed by atoms with Crippen LogP contribution in [0.3, 0.4) is 0 Å². The molecule has 310 valence electrons. The van der Waals surface area contributed by atoms with Gasteiger partial charge in [-0.3, -0.25) is 0 Å². The molecule has 0 saturated carbocycles. The van der Waals surface area contributed by atoms with E-state index in [-0.39, 0.29) is 10.8 Å². The number of hydrogen-bond donors (Lipinski definition) is 1. The topological polar surface area (TPSA) is 19.0 Å². The second kappa shape index (κ2) is 13.7. The van der Waals surface area contributed by atoms with Crippen LogP contribution in [0.2, 0.25) is 0 Å². The number of aromatic amines is 1. The van der Waals surface area contributed by atoms with Crippen molar-refractivity contribution in [3.05, 3.63) is 258 Å². The highest BCUT2D eigenvalue weighted by atomic mass is 15.1. The average molecular weight is 841 g/mol. The lowest BCUT2D eigenvalue weighted by atomic mass is 9.70. The highest BCUT2D eigenvalue weighted by molar-refractivity contribution is 6.11. The number of nitrogens with one attached hydrogen (secondary N) is 1. The Bertz CT molecular complexity index is 3730. The number of H-pyrrole nitrogens is 1. The summed E-state index contributed by atoms with van der Waals surface area (Å²) >= 11 is 0. The van der Waals surface area contributed by atoms with Gasteiger partial charge in [0.2, 0.25) is 0 Å². The molecule has 11 aromatic rings. The molecule has 0 saturated heterocycles. The molecular weight excluding hydrogens is 797 g/mol. The predicted octanol–water partition coefficient (Wildman–Crippen LogP) is 16.8. The molecule has 1 spiro atoms. The van der Waals surface area contributed by atoms with Crippen LogP contribution in [0.25, 0.3) is 77.4 Å². The van der Waals surface area contributed by atoms with Crippen LogP contribution < -0.4 is 4.90 Å². The van der Waals surface area contributed by atoms with Gasteiger partial charge in [-0.05, 0) is 150 Å². The van der Waals surface area contributed by atoms with Gasteiger partial charge >= 0.3 is 0 Å². The van der Waals surface area contributed by atoms with Crippen LogP contribution in [0.5, 0.6) is 0 Å². The molecule has 0 atom stereocenters. The second-order valence-corrected chi connectivity index (χ2v) is 18.9. The first kappa shape index (κ1) is 37.2. The van der Waals surface area contributed by atoms with Crippen molar-refractivity contribution in [3.63, 3.8) is 0 Å². The van der Waals surface area contributed by atoms with E-state index in [0.717, 1.165) is 22.6 Å². The Morgan fingerprint density at radius 3 is 1.36 bits per heavy atom. The van der Waals surface area contributed by atoms with Crippen molar-refractivity contribution in [1.29, 1.82) is 0 Å². The van der Waals surface area contributed by atoms with E-state index in [4.69, 9.17) is 0 Å². The molecule has 66 heavy (non-hydrogen) atoms.